The summed E-state index contributed by atoms with van der Waals surface area (Å²) in [5, 5.41) is 0.385. The molecule has 0 aliphatic rings. The summed E-state index contributed by atoms with van der Waals surface area (Å²) >= 11 is 1.94. The minimum Gasteiger partial charge on any atom is -0.327 e. The Morgan fingerprint density at radius 2 is 1.87 bits per heavy atom. The second-order valence-electron chi connectivity index (χ2n) is 4.29. The fraction of sp³-hybridized carbons (Fsp3) is 0.583. The molecule has 84 valence electrons. The molecule has 0 fully saturated rings. The summed E-state index contributed by atoms with van der Waals surface area (Å²) in [5.74, 6) is 1.85. The molecule has 2 nitrogen and oxygen atoms in total. The molecule has 0 aliphatic heterocycles. The average molecular weight is 224 g/mol. The van der Waals surface area contributed by atoms with Gasteiger partial charge in [0.15, 0.2) is 0 Å². The van der Waals surface area contributed by atoms with E-state index in [1.54, 1.807) is 0 Å². The monoisotopic (exact) mass is 224 g/mol. The molecule has 0 saturated carbocycles. The van der Waals surface area contributed by atoms with Gasteiger partial charge in [-0.05, 0) is 36.3 Å². The van der Waals surface area contributed by atoms with Crippen molar-refractivity contribution in [3.63, 3.8) is 0 Å². The summed E-state index contributed by atoms with van der Waals surface area (Å²) in [5.41, 5.74) is 7.30. The van der Waals surface area contributed by atoms with Crippen LogP contribution >= 0.6 is 11.8 Å². The maximum absolute atomic E-state index is 6.01. The number of nitrogens with zero attached hydrogens (tertiary/aromatic N) is 1. The molecule has 0 bridgehead atoms. The second-order valence-corrected chi connectivity index (χ2v) is 5.46. The smallest absolute Gasteiger partial charge is 0.0446 e. The van der Waals surface area contributed by atoms with Gasteiger partial charge in [0, 0.05) is 23.7 Å². The maximum atomic E-state index is 6.01. The number of thioether (sulfide) groups is 1. The summed E-state index contributed by atoms with van der Waals surface area (Å²) in [4.78, 5) is 4.03. The Morgan fingerprint density at radius 1 is 1.27 bits per heavy atom. The fourth-order valence-electron chi connectivity index (χ4n) is 1.40. The molecule has 1 aromatic heterocycles. The molecule has 0 amide bonds. The highest BCUT2D eigenvalue weighted by Crippen LogP contribution is 2.32. The number of hydrogen-bond donors (Lipinski definition) is 1. The highest BCUT2D eigenvalue weighted by Gasteiger charge is 2.16. The first kappa shape index (κ1) is 12.5. The molecule has 0 spiro atoms. The van der Waals surface area contributed by atoms with Crippen LogP contribution in [0.1, 0.15) is 31.6 Å². The van der Waals surface area contributed by atoms with E-state index in [2.05, 4.69) is 37.9 Å². The Labute approximate surface area is 96.7 Å². The lowest BCUT2D eigenvalue weighted by atomic mass is 10.1. The third-order valence-corrected chi connectivity index (χ3v) is 4.04. The Morgan fingerprint density at radius 3 is 2.33 bits per heavy atom. The molecule has 0 radical (unpaired) electrons. The highest BCUT2D eigenvalue weighted by molar-refractivity contribution is 7.99. The van der Waals surface area contributed by atoms with Crippen LogP contribution < -0.4 is 5.73 Å². The fourth-order valence-corrected chi connectivity index (χ4v) is 2.65. The van der Waals surface area contributed by atoms with Crippen LogP contribution in [0.3, 0.4) is 0 Å². The summed E-state index contributed by atoms with van der Waals surface area (Å²) in [6, 6.07) is 4.29. The van der Waals surface area contributed by atoms with Crippen LogP contribution in [0.25, 0.3) is 0 Å². The Balaban J connectivity index is 2.66. The third kappa shape index (κ3) is 4.22. The van der Waals surface area contributed by atoms with Crippen molar-refractivity contribution in [2.75, 3.05) is 5.75 Å². The first-order valence-electron chi connectivity index (χ1n) is 5.38. The Kier molecular flexibility index (Phi) is 5.12. The van der Waals surface area contributed by atoms with Gasteiger partial charge < -0.3 is 5.73 Å². The van der Waals surface area contributed by atoms with Crippen molar-refractivity contribution in [2.24, 2.45) is 11.7 Å². The second kappa shape index (κ2) is 6.13. The minimum atomic E-state index is 0.177. The molecule has 0 aromatic carbocycles. The zero-order chi connectivity index (χ0) is 11.3. The third-order valence-electron chi connectivity index (χ3n) is 2.12. The summed E-state index contributed by atoms with van der Waals surface area (Å²) < 4.78 is 0. The van der Waals surface area contributed by atoms with Crippen LogP contribution in [-0.4, -0.2) is 16.8 Å². The molecular weight excluding hydrogens is 204 g/mol. The molecular formula is C12H20N2S. The van der Waals surface area contributed by atoms with E-state index in [1.807, 2.05) is 24.2 Å². The molecule has 15 heavy (non-hydrogen) atoms. The van der Waals surface area contributed by atoms with Crippen molar-refractivity contribution in [2.45, 2.75) is 32.1 Å². The summed E-state index contributed by atoms with van der Waals surface area (Å²) in [6.45, 7) is 6.54. The predicted molar refractivity (Wildman–Crippen MR) is 67.9 cm³/mol. The normalized spacial score (nSPS) is 15.3. The Bertz CT molecular complexity index is 272. The highest BCUT2D eigenvalue weighted by atomic mass is 32.2. The number of aromatic nitrogens is 1. The van der Waals surface area contributed by atoms with Gasteiger partial charge in [-0.2, -0.15) is 11.8 Å². The van der Waals surface area contributed by atoms with Crippen LogP contribution in [0.4, 0.5) is 0 Å². The summed E-state index contributed by atoms with van der Waals surface area (Å²) in [7, 11) is 0. The standard InChI is InChI=1S/C12H20N2S/c1-9(2)8-15-12(10(3)13)11-4-6-14-7-5-11/h4-7,9-10,12H,8,13H2,1-3H3. The quantitative estimate of drug-likeness (QED) is 0.836. The van der Waals surface area contributed by atoms with Crippen LogP contribution in [0.15, 0.2) is 24.5 Å². The van der Waals surface area contributed by atoms with Gasteiger partial charge in [-0.1, -0.05) is 13.8 Å². The number of rotatable bonds is 5. The van der Waals surface area contributed by atoms with Crippen LogP contribution in [0.2, 0.25) is 0 Å². The molecule has 2 N–H and O–H groups in total. The zero-order valence-corrected chi connectivity index (χ0v) is 10.5. The van der Waals surface area contributed by atoms with Crippen molar-refractivity contribution in [3.8, 4) is 0 Å². The van der Waals surface area contributed by atoms with Gasteiger partial charge in [0.2, 0.25) is 0 Å². The molecule has 1 aromatic rings. The van der Waals surface area contributed by atoms with E-state index in [-0.39, 0.29) is 6.04 Å². The molecule has 0 saturated heterocycles. The van der Waals surface area contributed by atoms with E-state index in [0.29, 0.717) is 11.2 Å². The number of hydrogen-bond acceptors (Lipinski definition) is 3. The lowest BCUT2D eigenvalue weighted by Crippen LogP contribution is -2.23. The van der Waals surface area contributed by atoms with E-state index in [1.165, 1.54) is 5.56 Å². The van der Waals surface area contributed by atoms with Gasteiger partial charge >= 0.3 is 0 Å². The van der Waals surface area contributed by atoms with Crippen LogP contribution in [-0.2, 0) is 0 Å². The van der Waals surface area contributed by atoms with Gasteiger partial charge in [-0.15, -0.1) is 0 Å². The van der Waals surface area contributed by atoms with Crippen molar-refractivity contribution >= 4 is 11.8 Å². The van der Waals surface area contributed by atoms with E-state index < -0.39 is 0 Å². The lowest BCUT2D eigenvalue weighted by molar-refractivity contribution is 0.706. The molecule has 2 unspecified atom stereocenters. The van der Waals surface area contributed by atoms with E-state index in [4.69, 9.17) is 5.73 Å². The minimum absolute atomic E-state index is 0.177. The summed E-state index contributed by atoms with van der Waals surface area (Å²) in [6.07, 6.45) is 3.67. The zero-order valence-electron chi connectivity index (χ0n) is 9.68. The van der Waals surface area contributed by atoms with Crippen molar-refractivity contribution in [1.82, 2.24) is 4.98 Å². The van der Waals surface area contributed by atoms with Gasteiger partial charge in [0.05, 0.1) is 0 Å². The van der Waals surface area contributed by atoms with Crippen LogP contribution in [0.5, 0.6) is 0 Å². The molecule has 1 rings (SSSR count). The maximum Gasteiger partial charge on any atom is 0.0446 e. The number of pyridine rings is 1. The predicted octanol–water partition coefficient (Wildman–Crippen LogP) is 2.86. The molecule has 2 atom stereocenters. The molecule has 0 aliphatic carbocycles. The van der Waals surface area contributed by atoms with Crippen molar-refractivity contribution in [3.05, 3.63) is 30.1 Å². The van der Waals surface area contributed by atoms with E-state index >= 15 is 0 Å². The SMILES string of the molecule is CC(C)CSC(c1ccncc1)C(C)N. The number of nitrogens with two attached hydrogens (primary N) is 1. The van der Waals surface area contributed by atoms with Gasteiger partial charge in [0.25, 0.3) is 0 Å². The first-order chi connectivity index (χ1) is 7.11. The van der Waals surface area contributed by atoms with Gasteiger partial charge in [-0.25, -0.2) is 0 Å². The van der Waals surface area contributed by atoms with E-state index in [9.17, 15) is 0 Å². The Hall–Kier alpha value is -0.540. The average Bonchev–Trinajstić information content (AvgIpc) is 2.18. The topological polar surface area (TPSA) is 38.9 Å². The van der Waals surface area contributed by atoms with Crippen molar-refractivity contribution in [1.29, 1.82) is 0 Å². The lowest BCUT2D eigenvalue weighted by Gasteiger charge is -2.21. The largest absolute Gasteiger partial charge is 0.327 e. The van der Waals surface area contributed by atoms with Crippen molar-refractivity contribution < 1.29 is 0 Å². The van der Waals surface area contributed by atoms with Gasteiger partial charge in [-0.3, -0.25) is 4.98 Å². The molecule has 3 heteroatoms. The van der Waals surface area contributed by atoms with E-state index in [0.717, 1.165) is 5.75 Å². The first-order valence-corrected chi connectivity index (χ1v) is 6.43. The molecule has 1 heterocycles. The van der Waals surface area contributed by atoms with Gasteiger partial charge in [0.1, 0.15) is 0 Å². The van der Waals surface area contributed by atoms with Crippen LogP contribution in [0, 0.1) is 5.92 Å².